The molecule has 7 nitrogen and oxygen atoms in total. The van der Waals surface area contributed by atoms with Crippen LogP contribution in [0.2, 0.25) is 0 Å². The standard InChI is InChI=1S/C12H10N4O3/c1-7-9(12(17)18)4-8(19-7)6-16-11-10(5-13)14-2-3-15-11/h2-4H,6H2,1H3,(H,15,16)(H,17,18). The quantitative estimate of drug-likeness (QED) is 0.855. The number of nitriles is 1. The summed E-state index contributed by atoms with van der Waals surface area (Å²) < 4.78 is 5.30. The van der Waals surface area contributed by atoms with Gasteiger partial charge in [-0.2, -0.15) is 5.26 Å². The average molecular weight is 258 g/mol. The summed E-state index contributed by atoms with van der Waals surface area (Å²) in [6.07, 6.45) is 2.88. The summed E-state index contributed by atoms with van der Waals surface area (Å²) in [5.41, 5.74) is 0.292. The van der Waals surface area contributed by atoms with Crippen molar-refractivity contribution in [1.29, 1.82) is 5.26 Å². The van der Waals surface area contributed by atoms with Gasteiger partial charge in [0.1, 0.15) is 23.2 Å². The van der Waals surface area contributed by atoms with E-state index in [-0.39, 0.29) is 17.8 Å². The topological polar surface area (TPSA) is 112 Å². The zero-order chi connectivity index (χ0) is 13.8. The van der Waals surface area contributed by atoms with Gasteiger partial charge in [0, 0.05) is 12.4 Å². The molecule has 0 radical (unpaired) electrons. The predicted molar refractivity (Wildman–Crippen MR) is 64.5 cm³/mol. The van der Waals surface area contributed by atoms with E-state index < -0.39 is 5.97 Å². The number of nitrogens with zero attached hydrogens (tertiary/aromatic N) is 3. The molecule has 0 amide bonds. The van der Waals surface area contributed by atoms with Crippen LogP contribution in [-0.2, 0) is 6.54 Å². The van der Waals surface area contributed by atoms with E-state index in [0.717, 1.165) is 0 Å². The largest absolute Gasteiger partial charge is 0.478 e. The normalized spacial score (nSPS) is 9.89. The first-order valence-electron chi connectivity index (χ1n) is 5.39. The minimum absolute atomic E-state index is 0.122. The van der Waals surface area contributed by atoms with E-state index in [9.17, 15) is 4.79 Å². The van der Waals surface area contributed by atoms with Crippen LogP contribution < -0.4 is 5.32 Å². The van der Waals surface area contributed by atoms with E-state index in [1.807, 2.05) is 6.07 Å². The van der Waals surface area contributed by atoms with Crippen molar-refractivity contribution < 1.29 is 14.3 Å². The lowest BCUT2D eigenvalue weighted by Gasteiger charge is -2.03. The Hall–Kier alpha value is -2.88. The van der Waals surface area contributed by atoms with Crippen LogP contribution in [0.3, 0.4) is 0 Å². The number of aromatic nitrogens is 2. The number of carboxylic acids is 1. The Morgan fingerprint density at radius 3 is 2.89 bits per heavy atom. The summed E-state index contributed by atoms with van der Waals surface area (Å²) in [5.74, 6) is 0.0778. The summed E-state index contributed by atoms with van der Waals surface area (Å²) in [7, 11) is 0. The average Bonchev–Trinajstić information content (AvgIpc) is 2.78. The van der Waals surface area contributed by atoms with E-state index in [4.69, 9.17) is 14.8 Å². The first-order valence-corrected chi connectivity index (χ1v) is 5.39. The summed E-state index contributed by atoms with van der Waals surface area (Å²) >= 11 is 0. The van der Waals surface area contributed by atoms with Crippen molar-refractivity contribution in [3.8, 4) is 6.07 Å². The highest BCUT2D eigenvalue weighted by atomic mass is 16.4. The van der Waals surface area contributed by atoms with Crippen molar-refractivity contribution >= 4 is 11.8 Å². The number of anilines is 1. The molecule has 0 aliphatic carbocycles. The molecule has 0 spiro atoms. The fraction of sp³-hybridized carbons (Fsp3) is 0.167. The zero-order valence-corrected chi connectivity index (χ0v) is 10.0. The van der Waals surface area contributed by atoms with Crippen LogP contribution in [0.4, 0.5) is 5.82 Å². The molecule has 0 atom stereocenters. The summed E-state index contributed by atoms with van der Waals surface area (Å²) in [4.78, 5) is 18.7. The van der Waals surface area contributed by atoms with Gasteiger partial charge in [-0.15, -0.1) is 0 Å². The number of hydrogen-bond donors (Lipinski definition) is 2. The zero-order valence-electron chi connectivity index (χ0n) is 10.0. The number of furan rings is 1. The Kier molecular flexibility index (Phi) is 3.43. The van der Waals surface area contributed by atoms with Crippen LogP contribution in [-0.4, -0.2) is 21.0 Å². The Bertz CT molecular complexity index is 657. The Balaban J connectivity index is 2.13. The molecule has 2 aromatic rings. The van der Waals surface area contributed by atoms with Crippen LogP contribution in [0, 0.1) is 18.3 Å². The molecule has 2 aromatic heterocycles. The van der Waals surface area contributed by atoms with Gasteiger partial charge < -0.3 is 14.8 Å². The van der Waals surface area contributed by atoms with Crippen molar-refractivity contribution in [3.05, 3.63) is 41.2 Å². The van der Waals surface area contributed by atoms with Gasteiger partial charge in [0.25, 0.3) is 0 Å². The van der Waals surface area contributed by atoms with Crippen LogP contribution in [0.1, 0.15) is 27.6 Å². The fourth-order valence-electron chi connectivity index (χ4n) is 1.56. The van der Waals surface area contributed by atoms with Gasteiger partial charge in [-0.1, -0.05) is 0 Å². The third-order valence-electron chi connectivity index (χ3n) is 2.43. The Morgan fingerprint density at radius 1 is 1.53 bits per heavy atom. The molecule has 0 fully saturated rings. The highest BCUT2D eigenvalue weighted by molar-refractivity contribution is 5.88. The lowest BCUT2D eigenvalue weighted by Crippen LogP contribution is -2.03. The molecule has 0 unspecified atom stereocenters. The monoisotopic (exact) mass is 258 g/mol. The van der Waals surface area contributed by atoms with Crippen LogP contribution in [0.5, 0.6) is 0 Å². The molecule has 0 bridgehead atoms. The van der Waals surface area contributed by atoms with Crippen molar-refractivity contribution in [2.75, 3.05) is 5.32 Å². The van der Waals surface area contributed by atoms with Gasteiger partial charge in [-0.3, -0.25) is 0 Å². The summed E-state index contributed by atoms with van der Waals surface area (Å²) in [6.45, 7) is 1.80. The maximum Gasteiger partial charge on any atom is 0.339 e. The molecule has 7 heteroatoms. The molecule has 2 heterocycles. The van der Waals surface area contributed by atoms with Crippen LogP contribution in [0.25, 0.3) is 0 Å². The van der Waals surface area contributed by atoms with Crippen molar-refractivity contribution in [2.45, 2.75) is 13.5 Å². The molecule has 0 saturated heterocycles. The minimum Gasteiger partial charge on any atom is -0.478 e. The molecular formula is C12H10N4O3. The van der Waals surface area contributed by atoms with E-state index >= 15 is 0 Å². The molecule has 2 rings (SSSR count). The summed E-state index contributed by atoms with van der Waals surface area (Å²) in [6, 6.07) is 3.34. The van der Waals surface area contributed by atoms with Crippen molar-refractivity contribution in [3.63, 3.8) is 0 Å². The van der Waals surface area contributed by atoms with E-state index in [2.05, 4.69) is 15.3 Å². The maximum atomic E-state index is 10.9. The van der Waals surface area contributed by atoms with E-state index in [0.29, 0.717) is 17.3 Å². The van der Waals surface area contributed by atoms with Crippen molar-refractivity contribution in [1.82, 2.24) is 9.97 Å². The first-order chi connectivity index (χ1) is 9.11. The first kappa shape index (κ1) is 12.6. The van der Waals surface area contributed by atoms with Gasteiger partial charge in [0.15, 0.2) is 11.5 Å². The van der Waals surface area contributed by atoms with Crippen LogP contribution >= 0.6 is 0 Å². The molecule has 96 valence electrons. The van der Waals surface area contributed by atoms with E-state index in [1.54, 1.807) is 6.92 Å². The molecule has 0 aromatic carbocycles. The second kappa shape index (κ2) is 5.18. The third kappa shape index (κ3) is 2.69. The highest BCUT2D eigenvalue weighted by Gasteiger charge is 2.14. The van der Waals surface area contributed by atoms with Crippen LogP contribution in [0.15, 0.2) is 22.9 Å². The fourth-order valence-corrected chi connectivity index (χ4v) is 1.56. The van der Waals surface area contributed by atoms with Crippen molar-refractivity contribution in [2.24, 2.45) is 0 Å². The Labute approximate surface area is 108 Å². The molecular weight excluding hydrogens is 248 g/mol. The third-order valence-corrected chi connectivity index (χ3v) is 2.43. The SMILES string of the molecule is Cc1oc(CNc2nccnc2C#N)cc1C(=O)O. The number of carbonyl (C=O) groups is 1. The van der Waals surface area contributed by atoms with Gasteiger partial charge in [-0.25, -0.2) is 14.8 Å². The lowest BCUT2D eigenvalue weighted by atomic mass is 10.2. The second-order valence-electron chi connectivity index (χ2n) is 3.71. The van der Waals surface area contributed by atoms with Gasteiger partial charge in [0.05, 0.1) is 6.54 Å². The second-order valence-corrected chi connectivity index (χ2v) is 3.71. The molecule has 2 N–H and O–H groups in total. The predicted octanol–water partition coefficient (Wildman–Crippen LogP) is 1.56. The number of rotatable bonds is 4. The number of hydrogen-bond acceptors (Lipinski definition) is 6. The lowest BCUT2D eigenvalue weighted by molar-refractivity contribution is 0.0695. The summed E-state index contributed by atoms with van der Waals surface area (Å²) in [5, 5.41) is 20.6. The molecule has 19 heavy (non-hydrogen) atoms. The van der Waals surface area contributed by atoms with Gasteiger partial charge >= 0.3 is 5.97 Å². The molecule has 0 aliphatic heterocycles. The van der Waals surface area contributed by atoms with Gasteiger partial charge in [0.2, 0.25) is 0 Å². The van der Waals surface area contributed by atoms with E-state index in [1.165, 1.54) is 18.5 Å². The minimum atomic E-state index is -1.04. The number of aromatic carboxylic acids is 1. The maximum absolute atomic E-state index is 10.9. The molecule has 0 aliphatic rings. The molecule has 0 saturated carbocycles. The Morgan fingerprint density at radius 2 is 2.26 bits per heavy atom. The van der Waals surface area contributed by atoms with Gasteiger partial charge in [-0.05, 0) is 13.0 Å². The number of carboxylic acid groups (broad SMARTS) is 1. The smallest absolute Gasteiger partial charge is 0.339 e. The number of aryl methyl sites for hydroxylation is 1. The highest BCUT2D eigenvalue weighted by Crippen LogP contribution is 2.16. The number of nitrogens with one attached hydrogen (secondary N) is 1.